The summed E-state index contributed by atoms with van der Waals surface area (Å²) in [7, 11) is 0. The SMILES string of the molecule is CCC(C)NC(=O)c1cc(-c2cccs2)n(CC)n1. The summed E-state index contributed by atoms with van der Waals surface area (Å²) in [6.07, 6.45) is 0.915. The van der Waals surface area contributed by atoms with Gasteiger partial charge >= 0.3 is 0 Å². The van der Waals surface area contributed by atoms with Gasteiger partial charge in [0.2, 0.25) is 0 Å². The molecule has 5 heteroatoms. The minimum absolute atomic E-state index is 0.0978. The molecule has 1 N–H and O–H groups in total. The molecule has 2 rings (SSSR count). The van der Waals surface area contributed by atoms with Crippen molar-refractivity contribution in [3.63, 3.8) is 0 Å². The van der Waals surface area contributed by atoms with Crippen molar-refractivity contribution in [2.45, 2.75) is 39.8 Å². The fourth-order valence-electron chi connectivity index (χ4n) is 1.79. The Morgan fingerprint density at radius 1 is 1.53 bits per heavy atom. The maximum atomic E-state index is 12.1. The molecule has 1 atom stereocenters. The molecule has 0 aliphatic carbocycles. The highest BCUT2D eigenvalue weighted by Gasteiger charge is 2.16. The summed E-state index contributed by atoms with van der Waals surface area (Å²) in [4.78, 5) is 13.2. The summed E-state index contributed by atoms with van der Waals surface area (Å²) in [5.74, 6) is -0.0978. The molecule has 0 spiro atoms. The van der Waals surface area contributed by atoms with Crippen LogP contribution in [0.2, 0.25) is 0 Å². The molecule has 4 nitrogen and oxygen atoms in total. The number of thiophene rings is 1. The van der Waals surface area contributed by atoms with Gasteiger partial charge in [-0.25, -0.2) is 0 Å². The Morgan fingerprint density at radius 3 is 2.89 bits per heavy atom. The number of nitrogens with one attached hydrogen (secondary N) is 1. The van der Waals surface area contributed by atoms with E-state index in [9.17, 15) is 4.79 Å². The Hall–Kier alpha value is -1.62. The lowest BCUT2D eigenvalue weighted by Crippen LogP contribution is -2.32. The van der Waals surface area contributed by atoms with Crippen molar-refractivity contribution in [1.29, 1.82) is 0 Å². The van der Waals surface area contributed by atoms with Crippen LogP contribution in [-0.2, 0) is 6.54 Å². The number of rotatable bonds is 5. The van der Waals surface area contributed by atoms with Gasteiger partial charge in [0.15, 0.2) is 5.69 Å². The van der Waals surface area contributed by atoms with Crippen LogP contribution >= 0.6 is 11.3 Å². The van der Waals surface area contributed by atoms with Crippen LogP contribution in [0, 0.1) is 0 Å². The Kier molecular flexibility index (Phi) is 4.37. The minimum atomic E-state index is -0.0978. The predicted molar refractivity (Wildman–Crippen MR) is 78.4 cm³/mol. The van der Waals surface area contributed by atoms with Crippen molar-refractivity contribution in [3.05, 3.63) is 29.3 Å². The van der Waals surface area contributed by atoms with E-state index in [0.717, 1.165) is 23.5 Å². The second-order valence-corrected chi connectivity index (χ2v) is 5.44. The van der Waals surface area contributed by atoms with Gasteiger partial charge in [-0.15, -0.1) is 11.3 Å². The summed E-state index contributed by atoms with van der Waals surface area (Å²) in [5.41, 5.74) is 1.50. The maximum Gasteiger partial charge on any atom is 0.272 e. The van der Waals surface area contributed by atoms with Crippen LogP contribution in [0.1, 0.15) is 37.7 Å². The number of aryl methyl sites for hydroxylation is 1. The van der Waals surface area contributed by atoms with Crippen LogP contribution in [0.4, 0.5) is 0 Å². The average Bonchev–Trinajstić information content (AvgIpc) is 3.06. The molecule has 2 aromatic rings. The van der Waals surface area contributed by atoms with E-state index in [-0.39, 0.29) is 11.9 Å². The number of carbonyl (C=O) groups is 1. The van der Waals surface area contributed by atoms with Gasteiger partial charge in [0.25, 0.3) is 5.91 Å². The molecular weight excluding hydrogens is 258 g/mol. The number of amides is 1. The Labute approximate surface area is 117 Å². The topological polar surface area (TPSA) is 46.9 Å². The third-order valence-electron chi connectivity index (χ3n) is 3.08. The van der Waals surface area contributed by atoms with Gasteiger partial charge in [0.1, 0.15) is 0 Å². The van der Waals surface area contributed by atoms with Crippen molar-refractivity contribution >= 4 is 17.2 Å². The first-order valence-corrected chi connectivity index (χ1v) is 7.46. The zero-order valence-corrected chi connectivity index (χ0v) is 12.3. The molecule has 2 heterocycles. The molecule has 0 radical (unpaired) electrons. The molecule has 0 bridgehead atoms. The van der Waals surface area contributed by atoms with Gasteiger partial charge in [0, 0.05) is 12.6 Å². The first kappa shape index (κ1) is 13.8. The molecule has 1 amide bonds. The summed E-state index contributed by atoms with van der Waals surface area (Å²) >= 11 is 1.66. The van der Waals surface area contributed by atoms with Crippen molar-refractivity contribution < 1.29 is 4.79 Å². The van der Waals surface area contributed by atoms with Gasteiger partial charge in [0.05, 0.1) is 10.6 Å². The summed E-state index contributed by atoms with van der Waals surface area (Å²) in [6.45, 7) is 6.83. The molecule has 0 aromatic carbocycles. The molecule has 1 unspecified atom stereocenters. The molecular formula is C14H19N3OS. The molecule has 0 fully saturated rings. The lowest BCUT2D eigenvalue weighted by molar-refractivity contribution is 0.0933. The van der Waals surface area contributed by atoms with Crippen molar-refractivity contribution in [3.8, 4) is 10.6 Å². The average molecular weight is 277 g/mol. The van der Waals surface area contributed by atoms with Crippen LogP contribution < -0.4 is 5.32 Å². The maximum absolute atomic E-state index is 12.1. The monoisotopic (exact) mass is 277 g/mol. The molecule has 19 heavy (non-hydrogen) atoms. The number of nitrogens with zero attached hydrogens (tertiary/aromatic N) is 2. The zero-order chi connectivity index (χ0) is 13.8. The zero-order valence-electron chi connectivity index (χ0n) is 11.5. The van der Waals surface area contributed by atoms with E-state index >= 15 is 0 Å². The van der Waals surface area contributed by atoms with Gasteiger partial charge in [-0.05, 0) is 37.8 Å². The third kappa shape index (κ3) is 3.04. The minimum Gasteiger partial charge on any atom is -0.348 e. The molecule has 0 aliphatic rings. The lowest BCUT2D eigenvalue weighted by atomic mass is 10.2. The number of carbonyl (C=O) groups excluding carboxylic acids is 1. The fourth-order valence-corrected chi connectivity index (χ4v) is 2.54. The highest BCUT2D eigenvalue weighted by atomic mass is 32.1. The number of aromatic nitrogens is 2. The van der Waals surface area contributed by atoms with Crippen molar-refractivity contribution in [2.75, 3.05) is 0 Å². The van der Waals surface area contributed by atoms with Gasteiger partial charge < -0.3 is 5.32 Å². The van der Waals surface area contributed by atoms with E-state index in [1.54, 1.807) is 11.3 Å². The highest BCUT2D eigenvalue weighted by molar-refractivity contribution is 7.13. The van der Waals surface area contributed by atoms with Gasteiger partial charge in [-0.2, -0.15) is 5.10 Å². The molecule has 0 saturated carbocycles. The van der Waals surface area contributed by atoms with Crippen molar-refractivity contribution in [1.82, 2.24) is 15.1 Å². The smallest absolute Gasteiger partial charge is 0.272 e. The molecule has 102 valence electrons. The van der Waals surface area contributed by atoms with Gasteiger partial charge in [-0.1, -0.05) is 13.0 Å². The first-order valence-electron chi connectivity index (χ1n) is 6.58. The van der Waals surface area contributed by atoms with Crippen LogP contribution in [-0.4, -0.2) is 21.7 Å². The summed E-state index contributed by atoms with van der Waals surface area (Å²) in [6, 6.07) is 6.09. The Balaban J connectivity index is 2.26. The quantitative estimate of drug-likeness (QED) is 0.912. The number of hydrogen-bond acceptors (Lipinski definition) is 3. The fraction of sp³-hybridized carbons (Fsp3) is 0.429. The molecule has 0 saturated heterocycles. The second-order valence-electron chi connectivity index (χ2n) is 4.49. The van der Waals surface area contributed by atoms with E-state index in [0.29, 0.717) is 5.69 Å². The predicted octanol–water partition coefficient (Wildman–Crippen LogP) is 3.16. The lowest BCUT2D eigenvalue weighted by Gasteiger charge is -2.09. The van der Waals surface area contributed by atoms with Crippen molar-refractivity contribution in [2.24, 2.45) is 0 Å². The first-order chi connectivity index (χ1) is 9.15. The van der Waals surface area contributed by atoms with E-state index < -0.39 is 0 Å². The standard InChI is InChI=1S/C14H19N3OS/c1-4-10(3)15-14(18)11-9-12(17(5-2)16-11)13-7-6-8-19-13/h6-10H,4-5H2,1-3H3,(H,15,18). The van der Waals surface area contributed by atoms with Crippen LogP contribution in [0.25, 0.3) is 10.6 Å². The molecule has 0 aliphatic heterocycles. The van der Waals surface area contributed by atoms with Crippen LogP contribution in [0.5, 0.6) is 0 Å². The van der Waals surface area contributed by atoms with Crippen LogP contribution in [0.15, 0.2) is 23.6 Å². The Bertz CT molecular complexity index is 545. The number of hydrogen-bond donors (Lipinski definition) is 1. The van der Waals surface area contributed by atoms with E-state index in [1.807, 2.05) is 49.0 Å². The van der Waals surface area contributed by atoms with Gasteiger partial charge in [-0.3, -0.25) is 9.48 Å². The highest BCUT2D eigenvalue weighted by Crippen LogP contribution is 2.25. The summed E-state index contributed by atoms with van der Waals surface area (Å²) < 4.78 is 1.87. The molecule has 2 aromatic heterocycles. The third-order valence-corrected chi connectivity index (χ3v) is 3.97. The largest absolute Gasteiger partial charge is 0.348 e. The van der Waals surface area contributed by atoms with E-state index in [1.165, 1.54) is 0 Å². The Morgan fingerprint density at radius 2 is 2.32 bits per heavy atom. The van der Waals surface area contributed by atoms with E-state index in [2.05, 4.69) is 10.4 Å². The summed E-state index contributed by atoms with van der Waals surface area (Å²) in [5, 5.41) is 9.36. The van der Waals surface area contributed by atoms with Crippen LogP contribution in [0.3, 0.4) is 0 Å². The van der Waals surface area contributed by atoms with E-state index in [4.69, 9.17) is 0 Å². The normalized spacial score (nSPS) is 12.4. The second kappa shape index (κ2) is 6.02.